The summed E-state index contributed by atoms with van der Waals surface area (Å²) in [6.07, 6.45) is 2.94. The van der Waals surface area contributed by atoms with Crippen LogP contribution in [0.1, 0.15) is 32.1 Å². The van der Waals surface area contributed by atoms with Gasteiger partial charge in [0.25, 0.3) is 5.69 Å². The van der Waals surface area contributed by atoms with E-state index < -0.39 is 16.4 Å². The summed E-state index contributed by atoms with van der Waals surface area (Å²) in [5, 5.41) is 23.0. The molecular weight excluding hydrogens is 314 g/mol. The van der Waals surface area contributed by atoms with Crippen molar-refractivity contribution in [3.8, 4) is 0 Å². The van der Waals surface area contributed by atoms with E-state index in [1.54, 1.807) is 25.2 Å². The van der Waals surface area contributed by atoms with E-state index >= 15 is 0 Å². The Labute approximate surface area is 139 Å². The first-order chi connectivity index (χ1) is 11.3. The van der Waals surface area contributed by atoms with Crippen LogP contribution < -0.4 is 10.2 Å². The van der Waals surface area contributed by atoms with Crippen molar-refractivity contribution in [2.45, 2.75) is 37.6 Å². The Morgan fingerprint density at radius 2 is 1.96 bits per heavy atom. The average Bonchev–Trinajstić information content (AvgIpc) is 2.93. The average molecular weight is 335 g/mol. The molecule has 8 heteroatoms. The monoisotopic (exact) mass is 335 g/mol. The number of para-hydroxylation sites is 2. The second kappa shape index (κ2) is 7.29. The number of carbonyl (C=O) groups is 2. The Balaban J connectivity index is 2.06. The molecule has 1 amide bonds. The Morgan fingerprint density at radius 1 is 1.33 bits per heavy atom. The first kappa shape index (κ1) is 17.7. The highest BCUT2D eigenvalue weighted by Crippen LogP contribution is 2.33. The lowest BCUT2D eigenvalue weighted by molar-refractivity contribution is -0.384. The van der Waals surface area contributed by atoms with E-state index in [1.165, 1.54) is 11.0 Å². The Bertz CT molecular complexity index is 640. The smallest absolute Gasteiger partial charge is 0.305 e. The van der Waals surface area contributed by atoms with E-state index in [9.17, 15) is 19.7 Å². The first-order valence-electron chi connectivity index (χ1n) is 7.80. The molecular formula is C16H21N3O5. The number of carboxylic acids is 1. The number of likely N-dealkylation sites (N-methyl/N-ethyl adjacent to an activating group) is 1. The fraction of sp³-hybridized carbons (Fsp3) is 0.500. The molecule has 1 aromatic carbocycles. The molecule has 1 saturated carbocycles. The number of rotatable bonds is 7. The Hall–Kier alpha value is -2.64. The zero-order valence-corrected chi connectivity index (χ0v) is 13.5. The quantitative estimate of drug-likeness (QED) is 0.581. The summed E-state index contributed by atoms with van der Waals surface area (Å²) in [4.78, 5) is 35.5. The third-order valence-electron chi connectivity index (χ3n) is 4.33. The van der Waals surface area contributed by atoms with E-state index in [0.717, 1.165) is 12.8 Å². The lowest BCUT2D eigenvalue weighted by atomic mass is 9.93. The second-order valence-electron chi connectivity index (χ2n) is 6.21. The van der Waals surface area contributed by atoms with Crippen LogP contribution in [0.2, 0.25) is 0 Å². The van der Waals surface area contributed by atoms with Crippen molar-refractivity contribution in [2.24, 2.45) is 0 Å². The van der Waals surface area contributed by atoms with Crippen LogP contribution in [0.25, 0.3) is 0 Å². The minimum atomic E-state index is -0.941. The van der Waals surface area contributed by atoms with Crippen molar-refractivity contribution in [3.05, 3.63) is 34.4 Å². The van der Waals surface area contributed by atoms with E-state index in [4.69, 9.17) is 5.11 Å². The maximum Gasteiger partial charge on any atom is 0.305 e. The molecule has 0 aromatic heterocycles. The van der Waals surface area contributed by atoms with Gasteiger partial charge in [-0.15, -0.1) is 0 Å². The largest absolute Gasteiger partial charge is 0.481 e. The van der Waals surface area contributed by atoms with Gasteiger partial charge in [0.2, 0.25) is 5.91 Å². The van der Waals surface area contributed by atoms with E-state index in [0.29, 0.717) is 18.5 Å². The summed E-state index contributed by atoms with van der Waals surface area (Å²) < 4.78 is 0. The molecule has 2 rings (SSSR count). The molecule has 0 spiro atoms. The van der Waals surface area contributed by atoms with Gasteiger partial charge in [-0.25, -0.2) is 0 Å². The molecule has 2 N–H and O–H groups in total. The van der Waals surface area contributed by atoms with Gasteiger partial charge in [-0.05, 0) is 18.9 Å². The molecule has 1 aliphatic rings. The molecule has 0 bridgehead atoms. The predicted octanol–water partition coefficient (Wildman–Crippen LogP) is 1.93. The molecule has 1 fully saturated rings. The molecule has 130 valence electrons. The van der Waals surface area contributed by atoms with Crippen molar-refractivity contribution in [3.63, 3.8) is 0 Å². The minimum absolute atomic E-state index is 0.0751. The van der Waals surface area contributed by atoms with Crippen LogP contribution in [0, 0.1) is 10.1 Å². The zero-order chi connectivity index (χ0) is 17.7. The third kappa shape index (κ3) is 4.21. The fourth-order valence-electron chi connectivity index (χ4n) is 3.26. The Kier molecular flexibility index (Phi) is 5.38. The van der Waals surface area contributed by atoms with Gasteiger partial charge in [0.05, 0.1) is 23.4 Å². The zero-order valence-electron chi connectivity index (χ0n) is 13.5. The number of benzene rings is 1. The van der Waals surface area contributed by atoms with E-state index in [1.807, 2.05) is 0 Å². The number of amides is 1. The molecule has 24 heavy (non-hydrogen) atoms. The number of carbonyl (C=O) groups excluding carboxylic acids is 1. The third-order valence-corrected chi connectivity index (χ3v) is 4.33. The molecule has 0 unspecified atom stereocenters. The summed E-state index contributed by atoms with van der Waals surface area (Å²) in [6, 6.07) is 6.19. The molecule has 0 aliphatic heterocycles. The molecule has 1 aromatic rings. The van der Waals surface area contributed by atoms with Crippen molar-refractivity contribution >= 4 is 23.3 Å². The van der Waals surface area contributed by atoms with Crippen LogP contribution in [0.15, 0.2) is 24.3 Å². The number of nitrogens with one attached hydrogen (secondary N) is 1. The van der Waals surface area contributed by atoms with E-state index in [-0.39, 0.29) is 24.6 Å². The molecule has 8 nitrogen and oxygen atoms in total. The topological polar surface area (TPSA) is 113 Å². The SMILES string of the molecule is CN(CC(=O)NC1(CC(=O)O)CCCC1)c1ccccc1[N+](=O)[O-]. The maximum atomic E-state index is 12.3. The van der Waals surface area contributed by atoms with Crippen LogP contribution in [-0.4, -0.2) is 41.0 Å². The van der Waals surface area contributed by atoms with Gasteiger partial charge in [0.15, 0.2) is 0 Å². The first-order valence-corrected chi connectivity index (χ1v) is 7.80. The number of aliphatic carboxylic acids is 1. The number of anilines is 1. The summed E-state index contributed by atoms with van der Waals surface area (Å²) in [5.74, 6) is -1.27. The van der Waals surface area contributed by atoms with Crippen LogP contribution in [0.4, 0.5) is 11.4 Å². The van der Waals surface area contributed by atoms with Crippen molar-refractivity contribution in [2.75, 3.05) is 18.5 Å². The lowest BCUT2D eigenvalue weighted by Crippen LogP contribution is -2.50. The lowest BCUT2D eigenvalue weighted by Gasteiger charge is -2.30. The fourth-order valence-corrected chi connectivity index (χ4v) is 3.26. The summed E-state index contributed by atoms with van der Waals surface area (Å²) in [7, 11) is 1.60. The number of nitro benzene ring substituents is 1. The van der Waals surface area contributed by atoms with Crippen LogP contribution in [0.5, 0.6) is 0 Å². The number of hydrogen-bond donors (Lipinski definition) is 2. The molecule has 0 saturated heterocycles. The van der Waals surface area contributed by atoms with Gasteiger partial charge in [-0.3, -0.25) is 19.7 Å². The van der Waals surface area contributed by atoms with E-state index in [2.05, 4.69) is 5.32 Å². The highest BCUT2D eigenvalue weighted by Gasteiger charge is 2.37. The van der Waals surface area contributed by atoms with Crippen LogP contribution in [-0.2, 0) is 9.59 Å². The maximum absolute atomic E-state index is 12.3. The molecule has 1 aliphatic carbocycles. The van der Waals surface area contributed by atoms with Crippen LogP contribution >= 0.6 is 0 Å². The standard InChI is InChI=1S/C16H21N3O5/c1-18(12-6-2-3-7-13(12)19(23)24)11-14(20)17-16(10-15(21)22)8-4-5-9-16/h2-3,6-7H,4-5,8-11H2,1H3,(H,17,20)(H,21,22). The van der Waals surface area contributed by atoms with Crippen molar-refractivity contribution in [1.82, 2.24) is 5.32 Å². The van der Waals surface area contributed by atoms with Crippen molar-refractivity contribution in [1.29, 1.82) is 0 Å². The van der Waals surface area contributed by atoms with Gasteiger partial charge in [0.1, 0.15) is 5.69 Å². The highest BCUT2D eigenvalue weighted by atomic mass is 16.6. The van der Waals surface area contributed by atoms with Gasteiger partial charge < -0.3 is 15.3 Å². The molecule has 0 atom stereocenters. The Morgan fingerprint density at radius 3 is 2.54 bits per heavy atom. The van der Waals surface area contributed by atoms with Crippen LogP contribution in [0.3, 0.4) is 0 Å². The predicted molar refractivity (Wildman–Crippen MR) is 88.0 cm³/mol. The van der Waals surface area contributed by atoms with Gasteiger partial charge in [0, 0.05) is 13.1 Å². The number of hydrogen-bond acceptors (Lipinski definition) is 5. The number of nitro groups is 1. The molecule has 0 heterocycles. The van der Waals surface area contributed by atoms with Gasteiger partial charge in [-0.2, -0.15) is 0 Å². The normalized spacial score (nSPS) is 15.7. The summed E-state index contributed by atoms with van der Waals surface area (Å²) in [5.41, 5.74) is -0.433. The van der Waals surface area contributed by atoms with Gasteiger partial charge >= 0.3 is 5.97 Å². The summed E-state index contributed by atoms with van der Waals surface area (Å²) >= 11 is 0. The molecule has 0 radical (unpaired) electrons. The summed E-state index contributed by atoms with van der Waals surface area (Å²) in [6.45, 7) is -0.0772. The number of nitrogens with zero attached hydrogens (tertiary/aromatic N) is 2. The highest BCUT2D eigenvalue weighted by molar-refractivity contribution is 5.83. The second-order valence-corrected chi connectivity index (χ2v) is 6.21. The number of carboxylic acid groups (broad SMARTS) is 1. The van der Waals surface area contributed by atoms with Gasteiger partial charge in [-0.1, -0.05) is 25.0 Å². The van der Waals surface area contributed by atoms with Crippen molar-refractivity contribution < 1.29 is 19.6 Å². The minimum Gasteiger partial charge on any atom is -0.481 e.